The second-order valence-corrected chi connectivity index (χ2v) is 6.60. The number of urea groups is 1. The van der Waals surface area contributed by atoms with E-state index in [-0.39, 0.29) is 17.4 Å². The van der Waals surface area contributed by atoms with Gasteiger partial charge in [-0.05, 0) is 30.2 Å². The van der Waals surface area contributed by atoms with Crippen LogP contribution >= 0.6 is 0 Å². The van der Waals surface area contributed by atoms with Crippen LogP contribution in [-0.2, 0) is 4.74 Å². The van der Waals surface area contributed by atoms with E-state index in [9.17, 15) is 9.18 Å². The molecule has 0 saturated heterocycles. The molecule has 0 atom stereocenters. The van der Waals surface area contributed by atoms with Gasteiger partial charge in [0.25, 0.3) is 5.78 Å². The number of nitrogens with one attached hydrogen (secondary N) is 1. The minimum atomic E-state index is -0.480. The summed E-state index contributed by atoms with van der Waals surface area (Å²) in [5.74, 6) is 0.0868. The lowest BCUT2D eigenvalue weighted by Gasteiger charge is -2.13. The van der Waals surface area contributed by atoms with E-state index in [1.807, 2.05) is 26.1 Å². The first-order valence-corrected chi connectivity index (χ1v) is 9.79. The van der Waals surface area contributed by atoms with E-state index in [1.54, 1.807) is 20.3 Å². The number of nitrogens with zero attached hydrogens (tertiary/aromatic N) is 5. The lowest BCUT2D eigenvalue weighted by atomic mass is 10.1. The molecule has 0 fully saturated rings. The van der Waals surface area contributed by atoms with Crippen LogP contribution in [0.2, 0.25) is 0 Å². The zero-order chi connectivity index (χ0) is 21.7. The maximum atomic E-state index is 14.4. The van der Waals surface area contributed by atoms with Crippen LogP contribution in [0.25, 0.3) is 22.7 Å². The van der Waals surface area contributed by atoms with Gasteiger partial charge in [0.2, 0.25) is 0 Å². The Balaban J connectivity index is 0.00000124. The molecule has 2 aromatic heterocycles. The molecule has 0 bridgehead atoms. The highest BCUT2D eigenvalue weighted by molar-refractivity contribution is 5.89. The highest BCUT2D eigenvalue weighted by atomic mass is 19.1. The van der Waals surface area contributed by atoms with Crippen LogP contribution in [0.1, 0.15) is 25.8 Å². The molecule has 0 spiro atoms. The average molecular weight is 412 g/mol. The zero-order valence-electron chi connectivity index (χ0n) is 17.5. The molecule has 1 aliphatic heterocycles. The van der Waals surface area contributed by atoms with E-state index in [4.69, 9.17) is 4.74 Å². The number of hydrogen-bond donors (Lipinski definition) is 1. The van der Waals surface area contributed by atoms with Gasteiger partial charge in [0, 0.05) is 37.7 Å². The maximum absolute atomic E-state index is 14.4. The molecule has 0 radical (unpaired) electrons. The standard InChI is InChI=1S/C19H19FN6O2.C2H6/c1-25(2)19(27)22-14-3-4-16(20)15(9-14)17-23-18-21-10-13(11-26(18)24-17)12-5-7-28-8-6-12;1-2/h3-5,9-11H,6-8H2,1-2H3,(H,22,27);1-2H3. The lowest BCUT2D eigenvalue weighted by Crippen LogP contribution is -2.27. The van der Waals surface area contributed by atoms with Gasteiger partial charge in [-0.15, -0.1) is 5.10 Å². The van der Waals surface area contributed by atoms with Crippen LogP contribution < -0.4 is 5.32 Å². The number of carbonyl (C=O) groups is 1. The summed E-state index contributed by atoms with van der Waals surface area (Å²) < 4.78 is 21.3. The molecule has 9 heteroatoms. The normalized spacial score (nSPS) is 13.3. The first kappa shape index (κ1) is 21.4. The van der Waals surface area contributed by atoms with Crippen LogP contribution in [0, 0.1) is 5.82 Å². The molecule has 0 saturated carbocycles. The number of benzene rings is 1. The van der Waals surface area contributed by atoms with Crippen LogP contribution in [0.5, 0.6) is 0 Å². The van der Waals surface area contributed by atoms with Gasteiger partial charge in [-0.2, -0.15) is 4.98 Å². The molecule has 3 aromatic rings. The fourth-order valence-corrected chi connectivity index (χ4v) is 2.86. The van der Waals surface area contributed by atoms with E-state index in [0.717, 1.165) is 17.6 Å². The van der Waals surface area contributed by atoms with Crippen molar-refractivity contribution < 1.29 is 13.9 Å². The van der Waals surface area contributed by atoms with Crippen molar-refractivity contribution in [2.24, 2.45) is 0 Å². The van der Waals surface area contributed by atoms with E-state index in [0.29, 0.717) is 24.7 Å². The van der Waals surface area contributed by atoms with Crippen molar-refractivity contribution in [2.45, 2.75) is 20.3 Å². The Bertz CT molecular complexity index is 1080. The third-order valence-electron chi connectivity index (χ3n) is 4.39. The molecular formula is C21H25FN6O2. The summed E-state index contributed by atoms with van der Waals surface area (Å²) in [4.78, 5) is 21.9. The molecule has 3 heterocycles. The number of carbonyl (C=O) groups excluding carboxylic acids is 1. The predicted molar refractivity (Wildman–Crippen MR) is 114 cm³/mol. The summed E-state index contributed by atoms with van der Waals surface area (Å²) >= 11 is 0. The van der Waals surface area contributed by atoms with Gasteiger partial charge in [0.15, 0.2) is 5.82 Å². The van der Waals surface area contributed by atoms with Crippen LogP contribution in [0.3, 0.4) is 0 Å². The molecule has 4 rings (SSSR count). The van der Waals surface area contributed by atoms with Crippen molar-refractivity contribution in [3.05, 3.63) is 48.0 Å². The van der Waals surface area contributed by atoms with Crippen molar-refractivity contribution in [1.29, 1.82) is 0 Å². The van der Waals surface area contributed by atoms with Gasteiger partial charge in [-0.25, -0.2) is 18.7 Å². The summed E-state index contributed by atoms with van der Waals surface area (Å²) in [6.07, 6.45) is 6.37. The number of halogens is 1. The Morgan fingerprint density at radius 1 is 1.30 bits per heavy atom. The summed E-state index contributed by atoms with van der Waals surface area (Å²) in [6, 6.07) is 3.96. The number of aromatic nitrogens is 4. The molecular weight excluding hydrogens is 387 g/mol. The van der Waals surface area contributed by atoms with E-state index < -0.39 is 5.82 Å². The zero-order valence-corrected chi connectivity index (χ0v) is 17.5. The fraction of sp³-hybridized carbons (Fsp3) is 0.333. The summed E-state index contributed by atoms with van der Waals surface area (Å²) in [5.41, 5.74) is 2.71. The number of ether oxygens (including phenoxy) is 1. The van der Waals surface area contributed by atoms with E-state index in [2.05, 4.69) is 20.4 Å². The first-order valence-electron chi connectivity index (χ1n) is 9.79. The third kappa shape index (κ3) is 4.62. The molecule has 1 N–H and O–H groups in total. The van der Waals surface area contributed by atoms with Crippen molar-refractivity contribution in [3.63, 3.8) is 0 Å². The molecule has 30 heavy (non-hydrogen) atoms. The average Bonchev–Trinajstić information content (AvgIpc) is 3.20. The van der Waals surface area contributed by atoms with Crippen LogP contribution in [0.4, 0.5) is 14.9 Å². The number of rotatable bonds is 3. The maximum Gasteiger partial charge on any atom is 0.321 e. The SMILES string of the molecule is CC.CN(C)C(=O)Nc1ccc(F)c(-c2nc3ncc(C4=CCOCC4)cn3n2)c1. The number of amides is 2. The Morgan fingerprint density at radius 3 is 2.80 bits per heavy atom. The highest BCUT2D eigenvalue weighted by Gasteiger charge is 2.15. The lowest BCUT2D eigenvalue weighted by molar-refractivity contribution is 0.161. The van der Waals surface area contributed by atoms with E-state index >= 15 is 0 Å². The van der Waals surface area contributed by atoms with Gasteiger partial charge >= 0.3 is 6.03 Å². The quantitative estimate of drug-likeness (QED) is 0.706. The Hall–Kier alpha value is -3.33. The number of hydrogen-bond acceptors (Lipinski definition) is 5. The Labute approximate surface area is 174 Å². The monoisotopic (exact) mass is 412 g/mol. The van der Waals surface area contributed by atoms with E-state index in [1.165, 1.54) is 27.6 Å². The second kappa shape index (κ2) is 9.45. The van der Waals surface area contributed by atoms with Gasteiger partial charge in [-0.3, -0.25) is 0 Å². The van der Waals surface area contributed by atoms with Gasteiger partial charge in [-0.1, -0.05) is 19.9 Å². The smallest absolute Gasteiger partial charge is 0.321 e. The van der Waals surface area contributed by atoms with Crippen LogP contribution in [0.15, 0.2) is 36.7 Å². The Morgan fingerprint density at radius 2 is 2.10 bits per heavy atom. The summed E-state index contributed by atoms with van der Waals surface area (Å²) in [6.45, 7) is 5.25. The topological polar surface area (TPSA) is 84.7 Å². The number of anilines is 1. The summed E-state index contributed by atoms with van der Waals surface area (Å²) in [5, 5.41) is 7.06. The molecule has 1 aliphatic rings. The largest absolute Gasteiger partial charge is 0.377 e. The molecule has 2 amide bonds. The van der Waals surface area contributed by atoms with Crippen molar-refractivity contribution >= 4 is 23.1 Å². The van der Waals surface area contributed by atoms with Gasteiger partial charge in [0.1, 0.15) is 5.82 Å². The first-order chi connectivity index (χ1) is 14.5. The van der Waals surface area contributed by atoms with Gasteiger partial charge < -0.3 is 15.0 Å². The Kier molecular flexibility index (Phi) is 6.73. The third-order valence-corrected chi connectivity index (χ3v) is 4.39. The van der Waals surface area contributed by atoms with Crippen molar-refractivity contribution in [3.8, 4) is 11.4 Å². The van der Waals surface area contributed by atoms with Crippen molar-refractivity contribution in [1.82, 2.24) is 24.5 Å². The highest BCUT2D eigenvalue weighted by Crippen LogP contribution is 2.25. The molecule has 1 aromatic carbocycles. The minimum Gasteiger partial charge on any atom is -0.377 e. The molecule has 0 unspecified atom stereocenters. The second-order valence-electron chi connectivity index (χ2n) is 6.60. The number of fused-ring (bicyclic) bond motifs is 1. The molecule has 0 aliphatic carbocycles. The molecule has 158 valence electrons. The predicted octanol–water partition coefficient (Wildman–Crippen LogP) is 3.85. The van der Waals surface area contributed by atoms with Crippen LogP contribution in [-0.4, -0.2) is 57.8 Å². The van der Waals surface area contributed by atoms with Gasteiger partial charge in [0.05, 0.1) is 18.8 Å². The van der Waals surface area contributed by atoms with Crippen molar-refractivity contribution in [2.75, 3.05) is 32.6 Å². The summed E-state index contributed by atoms with van der Waals surface area (Å²) in [7, 11) is 3.25. The minimum absolute atomic E-state index is 0.189. The fourth-order valence-electron chi connectivity index (χ4n) is 2.86. The molecule has 8 nitrogen and oxygen atoms in total.